The van der Waals surface area contributed by atoms with Crippen molar-refractivity contribution in [2.24, 2.45) is 5.10 Å². The molecule has 4 rings (SSSR count). The summed E-state index contributed by atoms with van der Waals surface area (Å²) in [4.78, 5) is 8.43. The molecular weight excluding hydrogens is 371 g/mol. The highest BCUT2D eigenvalue weighted by atomic mass is 35.5. The van der Waals surface area contributed by atoms with Crippen molar-refractivity contribution in [3.05, 3.63) is 76.7 Å². The van der Waals surface area contributed by atoms with Gasteiger partial charge in [0.05, 0.1) is 21.8 Å². The lowest BCUT2D eigenvalue weighted by Crippen LogP contribution is -1.95. The fraction of sp³-hybridized carbons (Fsp3) is 0. The van der Waals surface area contributed by atoms with E-state index in [1.807, 2.05) is 42.5 Å². The predicted octanol–water partition coefficient (Wildman–Crippen LogP) is 5.64. The van der Waals surface area contributed by atoms with E-state index < -0.39 is 0 Å². The van der Waals surface area contributed by atoms with E-state index in [2.05, 4.69) is 20.5 Å². The molecule has 5 nitrogen and oxygen atoms in total. The molecule has 0 saturated carbocycles. The number of para-hydroxylation sites is 1. The Morgan fingerprint density at radius 1 is 0.962 bits per heavy atom. The number of rotatable bonds is 4. The van der Waals surface area contributed by atoms with E-state index in [4.69, 9.17) is 27.6 Å². The molecule has 2 aromatic heterocycles. The van der Waals surface area contributed by atoms with Gasteiger partial charge in [0.25, 0.3) is 0 Å². The Morgan fingerprint density at radius 3 is 2.73 bits per heavy atom. The first-order valence-corrected chi connectivity index (χ1v) is 8.50. The molecule has 0 aliphatic carbocycles. The summed E-state index contributed by atoms with van der Waals surface area (Å²) in [6, 6.07) is 16.7. The number of hydrazone groups is 1. The number of fused-ring (bicyclic) bond motifs is 1. The Kier molecular flexibility index (Phi) is 4.56. The van der Waals surface area contributed by atoms with Gasteiger partial charge in [-0.3, -0.25) is 5.43 Å². The van der Waals surface area contributed by atoms with Crippen LogP contribution in [0.15, 0.2) is 70.4 Å². The number of halogens is 2. The average molecular weight is 383 g/mol. The number of anilines is 1. The third kappa shape index (κ3) is 3.40. The van der Waals surface area contributed by atoms with Gasteiger partial charge in [-0.25, -0.2) is 9.97 Å². The highest BCUT2D eigenvalue weighted by Gasteiger charge is 2.06. The smallest absolute Gasteiger partial charge is 0.157 e. The first kappa shape index (κ1) is 16.6. The van der Waals surface area contributed by atoms with Crippen molar-refractivity contribution in [1.29, 1.82) is 0 Å². The fourth-order valence-corrected chi connectivity index (χ4v) is 2.78. The lowest BCUT2D eigenvalue weighted by molar-refractivity contribution is 0.575. The van der Waals surface area contributed by atoms with Crippen molar-refractivity contribution < 1.29 is 4.42 Å². The minimum atomic E-state index is 0.480. The number of nitrogens with one attached hydrogen (secondary N) is 1. The van der Waals surface area contributed by atoms with Crippen molar-refractivity contribution in [3.8, 4) is 11.3 Å². The monoisotopic (exact) mass is 382 g/mol. The summed E-state index contributed by atoms with van der Waals surface area (Å²) in [6.45, 7) is 0. The summed E-state index contributed by atoms with van der Waals surface area (Å²) >= 11 is 12.0. The maximum atomic E-state index is 6.05. The molecule has 0 saturated heterocycles. The number of benzene rings is 2. The van der Waals surface area contributed by atoms with Gasteiger partial charge in [0, 0.05) is 10.9 Å². The van der Waals surface area contributed by atoms with Gasteiger partial charge in [-0.15, -0.1) is 0 Å². The Labute approximate surface area is 159 Å². The van der Waals surface area contributed by atoms with Crippen LogP contribution in [-0.2, 0) is 0 Å². The van der Waals surface area contributed by atoms with Gasteiger partial charge in [-0.1, -0.05) is 35.3 Å². The van der Waals surface area contributed by atoms with Gasteiger partial charge >= 0.3 is 0 Å². The van der Waals surface area contributed by atoms with Crippen LogP contribution < -0.4 is 5.43 Å². The molecule has 0 aliphatic heterocycles. The Morgan fingerprint density at radius 2 is 1.85 bits per heavy atom. The van der Waals surface area contributed by atoms with E-state index >= 15 is 0 Å². The van der Waals surface area contributed by atoms with Gasteiger partial charge in [0.2, 0.25) is 0 Å². The minimum absolute atomic E-state index is 0.480. The summed E-state index contributed by atoms with van der Waals surface area (Å²) in [5.41, 5.74) is 4.61. The van der Waals surface area contributed by atoms with E-state index in [0.29, 0.717) is 27.4 Å². The van der Waals surface area contributed by atoms with Crippen molar-refractivity contribution in [3.63, 3.8) is 0 Å². The summed E-state index contributed by atoms with van der Waals surface area (Å²) in [6.07, 6.45) is 3.08. The molecule has 0 bridgehead atoms. The first-order valence-electron chi connectivity index (χ1n) is 7.75. The van der Waals surface area contributed by atoms with Crippen LogP contribution in [0.1, 0.15) is 5.76 Å². The molecule has 128 valence electrons. The fourth-order valence-electron chi connectivity index (χ4n) is 2.48. The summed E-state index contributed by atoms with van der Waals surface area (Å²) in [5.74, 6) is 1.90. The maximum Gasteiger partial charge on any atom is 0.157 e. The van der Waals surface area contributed by atoms with Crippen LogP contribution >= 0.6 is 23.2 Å². The second kappa shape index (κ2) is 7.15. The molecule has 0 amide bonds. The van der Waals surface area contributed by atoms with Crippen LogP contribution in [0.25, 0.3) is 22.2 Å². The largest absolute Gasteiger partial charge is 0.455 e. The van der Waals surface area contributed by atoms with Gasteiger partial charge in [-0.05, 0) is 42.5 Å². The van der Waals surface area contributed by atoms with Crippen LogP contribution in [0.3, 0.4) is 0 Å². The molecular formula is C19H12Cl2N4O. The van der Waals surface area contributed by atoms with Crippen molar-refractivity contribution in [1.82, 2.24) is 9.97 Å². The van der Waals surface area contributed by atoms with Gasteiger partial charge in [0.15, 0.2) is 5.82 Å². The van der Waals surface area contributed by atoms with Crippen LogP contribution in [-0.4, -0.2) is 16.2 Å². The van der Waals surface area contributed by atoms with E-state index in [1.54, 1.807) is 18.3 Å². The van der Waals surface area contributed by atoms with Crippen LogP contribution in [0.5, 0.6) is 0 Å². The number of furan rings is 1. The van der Waals surface area contributed by atoms with Crippen molar-refractivity contribution in [2.45, 2.75) is 0 Å². The van der Waals surface area contributed by atoms with Gasteiger partial charge in [0.1, 0.15) is 17.8 Å². The molecule has 4 aromatic rings. The molecule has 7 heteroatoms. The van der Waals surface area contributed by atoms with Gasteiger partial charge in [-0.2, -0.15) is 5.10 Å². The molecule has 0 unspecified atom stereocenters. The molecule has 0 aliphatic rings. The third-order valence-electron chi connectivity index (χ3n) is 3.74. The van der Waals surface area contributed by atoms with Crippen molar-refractivity contribution in [2.75, 3.05) is 5.43 Å². The van der Waals surface area contributed by atoms with Crippen molar-refractivity contribution >= 4 is 46.1 Å². The standard InChI is InChI=1S/C19H12Cl2N4O/c20-15-7-5-12(9-16(15)21)18-8-6-13(26-18)10-24-25-19-14-3-1-2-4-17(14)22-11-23-19/h1-11H,(H,22,23,25). The number of hydrogen-bond donors (Lipinski definition) is 1. The molecule has 0 spiro atoms. The Balaban J connectivity index is 1.52. The average Bonchev–Trinajstić information content (AvgIpc) is 3.13. The zero-order chi connectivity index (χ0) is 17.9. The maximum absolute atomic E-state index is 6.05. The molecule has 2 heterocycles. The number of aromatic nitrogens is 2. The van der Waals surface area contributed by atoms with Gasteiger partial charge < -0.3 is 4.42 Å². The zero-order valence-electron chi connectivity index (χ0n) is 13.4. The predicted molar refractivity (Wildman–Crippen MR) is 105 cm³/mol. The summed E-state index contributed by atoms with van der Waals surface area (Å²) in [7, 11) is 0. The topological polar surface area (TPSA) is 63.3 Å². The SMILES string of the molecule is Clc1ccc(-c2ccc(C=NNc3ncnc4ccccc34)o2)cc1Cl. The lowest BCUT2D eigenvalue weighted by Gasteiger charge is -2.02. The Hall–Kier alpha value is -2.89. The number of hydrogen-bond acceptors (Lipinski definition) is 5. The molecule has 2 aromatic carbocycles. The quantitative estimate of drug-likeness (QED) is 0.366. The molecule has 0 fully saturated rings. The molecule has 26 heavy (non-hydrogen) atoms. The van der Waals surface area contributed by atoms with Crippen LogP contribution in [0.2, 0.25) is 10.0 Å². The normalized spacial score (nSPS) is 11.3. The third-order valence-corrected chi connectivity index (χ3v) is 4.47. The van der Waals surface area contributed by atoms with Crippen LogP contribution in [0, 0.1) is 0 Å². The minimum Gasteiger partial charge on any atom is -0.455 e. The Bertz CT molecular complexity index is 1100. The second-order valence-electron chi connectivity index (χ2n) is 5.44. The lowest BCUT2D eigenvalue weighted by atomic mass is 10.2. The second-order valence-corrected chi connectivity index (χ2v) is 6.25. The number of nitrogens with zero attached hydrogens (tertiary/aromatic N) is 3. The van der Waals surface area contributed by atoms with E-state index in [1.165, 1.54) is 6.33 Å². The zero-order valence-corrected chi connectivity index (χ0v) is 14.9. The molecule has 0 atom stereocenters. The summed E-state index contributed by atoms with van der Waals surface area (Å²) < 4.78 is 5.77. The highest BCUT2D eigenvalue weighted by Crippen LogP contribution is 2.29. The van der Waals surface area contributed by atoms with E-state index in [9.17, 15) is 0 Å². The van der Waals surface area contributed by atoms with Crippen LogP contribution in [0.4, 0.5) is 5.82 Å². The van der Waals surface area contributed by atoms with E-state index in [0.717, 1.165) is 16.5 Å². The van der Waals surface area contributed by atoms with E-state index in [-0.39, 0.29) is 0 Å². The summed E-state index contributed by atoms with van der Waals surface area (Å²) in [5, 5.41) is 6.07. The molecule has 0 radical (unpaired) electrons. The first-order chi connectivity index (χ1) is 12.7. The highest BCUT2D eigenvalue weighted by molar-refractivity contribution is 6.42. The molecule has 1 N–H and O–H groups in total.